The third kappa shape index (κ3) is 5.92. The minimum Gasteiger partial charge on any atom is -0.445 e. The fraction of sp³-hybridized carbons (Fsp3) is 0.462. The van der Waals surface area contributed by atoms with E-state index >= 15 is 0 Å². The van der Waals surface area contributed by atoms with Gasteiger partial charge in [-0.15, -0.1) is 0 Å². The van der Waals surface area contributed by atoms with Crippen molar-refractivity contribution in [1.82, 2.24) is 10.6 Å². The number of carbonyl (C=O) groups is 1. The van der Waals surface area contributed by atoms with Gasteiger partial charge in [0.05, 0.1) is 0 Å². The minimum absolute atomic E-state index is 0.313. The van der Waals surface area contributed by atoms with E-state index in [1.807, 2.05) is 37.4 Å². The number of amides is 1. The highest BCUT2D eigenvalue weighted by Gasteiger charge is 2.05. The molecule has 0 aromatic heterocycles. The lowest BCUT2D eigenvalue weighted by Crippen LogP contribution is -2.32. The molecule has 0 unspecified atom stereocenters. The number of hydrogen-bond acceptors (Lipinski definition) is 3. The van der Waals surface area contributed by atoms with Crippen LogP contribution in [0.1, 0.15) is 12.5 Å². The summed E-state index contributed by atoms with van der Waals surface area (Å²) in [6.07, 6.45) is -0.364. The van der Waals surface area contributed by atoms with Gasteiger partial charge in [-0.2, -0.15) is 0 Å². The number of benzene rings is 1. The molecule has 0 heterocycles. The van der Waals surface area contributed by atoms with E-state index in [0.29, 0.717) is 19.1 Å². The summed E-state index contributed by atoms with van der Waals surface area (Å²) in [6, 6.07) is 9.63. The largest absolute Gasteiger partial charge is 0.445 e. The molecule has 4 heteroatoms. The molecule has 0 aliphatic rings. The Labute approximate surface area is 102 Å². The zero-order chi connectivity index (χ0) is 12.5. The van der Waals surface area contributed by atoms with Crippen molar-refractivity contribution in [2.24, 2.45) is 5.92 Å². The maximum atomic E-state index is 11.4. The molecule has 0 radical (unpaired) electrons. The Kier molecular flexibility index (Phi) is 6.10. The van der Waals surface area contributed by atoms with Gasteiger partial charge in [-0.3, -0.25) is 0 Å². The maximum Gasteiger partial charge on any atom is 0.407 e. The lowest BCUT2D eigenvalue weighted by atomic mass is 10.2. The summed E-state index contributed by atoms with van der Waals surface area (Å²) in [5, 5.41) is 5.79. The maximum absolute atomic E-state index is 11.4. The molecule has 0 spiro atoms. The van der Waals surface area contributed by atoms with Crippen LogP contribution in [0.3, 0.4) is 0 Å². The molecule has 94 valence electrons. The van der Waals surface area contributed by atoms with Crippen LogP contribution in [-0.4, -0.2) is 26.2 Å². The number of carbonyl (C=O) groups excluding carboxylic acids is 1. The molecule has 1 atom stereocenters. The normalized spacial score (nSPS) is 11.9. The van der Waals surface area contributed by atoms with E-state index in [9.17, 15) is 4.79 Å². The fourth-order valence-corrected chi connectivity index (χ4v) is 1.45. The third-order valence-electron chi connectivity index (χ3n) is 2.36. The number of ether oxygens (including phenoxy) is 1. The summed E-state index contributed by atoms with van der Waals surface area (Å²) >= 11 is 0. The second kappa shape index (κ2) is 7.68. The molecule has 1 aromatic rings. The summed E-state index contributed by atoms with van der Waals surface area (Å²) in [5.74, 6) is 0.393. The molecule has 1 aromatic carbocycles. The Balaban J connectivity index is 2.17. The first kappa shape index (κ1) is 13.5. The van der Waals surface area contributed by atoms with Crippen molar-refractivity contribution in [3.05, 3.63) is 35.9 Å². The van der Waals surface area contributed by atoms with E-state index < -0.39 is 0 Å². The van der Waals surface area contributed by atoms with E-state index in [1.54, 1.807) is 0 Å². The number of alkyl carbamates (subject to hydrolysis) is 1. The van der Waals surface area contributed by atoms with Crippen molar-refractivity contribution in [2.75, 3.05) is 20.1 Å². The van der Waals surface area contributed by atoms with Gasteiger partial charge in [0.2, 0.25) is 0 Å². The van der Waals surface area contributed by atoms with Crippen molar-refractivity contribution < 1.29 is 9.53 Å². The lowest BCUT2D eigenvalue weighted by molar-refractivity contribution is 0.138. The predicted octanol–water partition coefficient (Wildman–Crippen LogP) is 1.77. The Morgan fingerprint density at radius 1 is 1.29 bits per heavy atom. The van der Waals surface area contributed by atoms with Gasteiger partial charge in [0.25, 0.3) is 0 Å². The van der Waals surface area contributed by atoms with Crippen molar-refractivity contribution in [3.63, 3.8) is 0 Å². The van der Waals surface area contributed by atoms with Gasteiger partial charge in [0, 0.05) is 6.54 Å². The van der Waals surface area contributed by atoms with Crippen LogP contribution in [0.5, 0.6) is 0 Å². The van der Waals surface area contributed by atoms with E-state index in [0.717, 1.165) is 12.1 Å². The lowest BCUT2D eigenvalue weighted by Gasteiger charge is -2.12. The molecule has 1 amide bonds. The molecule has 0 aliphatic carbocycles. The standard InChI is InChI=1S/C13H20N2O2/c1-11(8-14-2)9-15-13(16)17-10-12-6-4-3-5-7-12/h3-7,11,14H,8-10H2,1-2H3,(H,15,16)/t11-/m0/s1. The van der Waals surface area contributed by atoms with Gasteiger partial charge in [-0.1, -0.05) is 37.3 Å². The van der Waals surface area contributed by atoms with Crippen LogP contribution in [0.2, 0.25) is 0 Å². The second-order valence-corrected chi connectivity index (χ2v) is 4.11. The SMILES string of the molecule is CNC[C@H](C)CNC(=O)OCc1ccccc1. The van der Waals surface area contributed by atoms with Gasteiger partial charge >= 0.3 is 6.09 Å². The highest BCUT2D eigenvalue weighted by molar-refractivity contribution is 5.67. The topological polar surface area (TPSA) is 50.4 Å². The molecular formula is C13H20N2O2. The van der Waals surface area contributed by atoms with Crippen molar-refractivity contribution >= 4 is 6.09 Å². The van der Waals surface area contributed by atoms with E-state index in [4.69, 9.17) is 4.74 Å². The molecule has 0 saturated heterocycles. The first-order valence-electron chi connectivity index (χ1n) is 5.81. The van der Waals surface area contributed by atoms with E-state index in [2.05, 4.69) is 17.6 Å². The smallest absolute Gasteiger partial charge is 0.407 e. The number of rotatable bonds is 6. The Morgan fingerprint density at radius 3 is 2.65 bits per heavy atom. The van der Waals surface area contributed by atoms with Crippen LogP contribution in [0.15, 0.2) is 30.3 Å². The summed E-state index contributed by atoms with van der Waals surface area (Å²) < 4.78 is 5.09. The van der Waals surface area contributed by atoms with Crippen LogP contribution in [0.4, 0.5) is 4.79 Å². The molecule has 0 bridgehead atoms. The number of hydrogen-bond donors (Lipinski definition) is 2. The Bertz CT molecular complexity index is 327. The molecule has 0 fully saturated rings. The average molecular weight is 236 g/mol. The molecule has 0 aliphatic heterocycles. The van der Waals surface area contributed by atoms with Crippen LogP contribution < -0.4 is 10.6 Å². The molecule has 4 nitrogen and oxygen atoms in total. The van der Waals surface area contributed by atoms with E-state index in [1.165, 1.54) is 0 Å². The monoisotopic (exact) mass is 236 g/mol. The highest BCUT2D eigenvalue weighted by atomic mass is 16.5. The number of nitrogens with one attached hydrogen (secondary N) is 2. The summed E-state index contributed by atoms with van der Waals surface area (Å²) in [7, 11) is 1.89. The van der Waals surface area contributed by atoms with Crippen LogP contribution in [0, 0.1) is 5.92 Å². The predicted molar refractivity (Wildman–Crippen MR) is 67.7 cm³/mol. The van der Waals surface area contributed by atoms with Crippen molar-refractivity contribution in [3.8, 4) is 0 Å². The quantitative estimate of drug-likeness (QED) is 0.791. The first-order chi connectivity index (χ1) is 8.22. The molecule has 2 N–H and O–H groups in total. The molecule has 17 heavy (non-hydrogen) atoms. The zero-order valence-electron chi connectivity index (χ0n) is 10.4. The van der Waals surface area contributed by atoms with Gasteiger partial charge in [-0.25, -0.2) is 4.79 Å². The molecule has 1 rings (SSSR count). The van der Waals surface area contributed by atoms with Crippen LogP contribution in [0.25, 0.3) is 0 Å². The van der Waals surface area contributed by atoms with Crippen LogP contribution in [-0.2, 0) is 11.3 Å². The Morgan fingerprint density at radius 2 is 2.00 bits per heavy atom. The van der Waals surface area contributed by atoms with E-state index in [-0.39, 0.29) is 6.09 Å². The molecule has 0 saturated carbocycles. The molecular weight excluding hydrogens is 216 g/mol. The average Bonchev–Trinajstić information content (AvgIpc) is 2.35. The van der Waals surface area contributed by atoms with Gasteiger partial charge in [0.15, 0.2) is 0 Å². The van der Waals surface area contributed by atoms with Crippen LogP contribution >= 0.6 is 0 Å². The van der Waals surface area contributed by atoms with Gasteiger partial charge in [0.1, 0.15) is 6.61 Å². The fourth-order valence-electron chi connectivity index (χ4n) is 1.45. The second-order valence-electron chi connectivity index (χ2n) is 4.11. The van der Waals surface area contributed by atoms with Gasteiger partial charge < -0.3 is 15.4 Å². The minimum atomic E-state index is -0.364. The zero-order valence-corrected chi connectivity index (χ0v) is 10.4. The summed E-state index contributed by atoms with van der Waals surface area (Å²) in [6.45, 7) is 3.87. The van der Waals surface area contributed by atoms with Crippen molar-refractivity contribution in [1.29, 1.82) is 0 Å². The summed E-state index contributed by atoms with van der Waals surface area (Å²) in [4.78, 5) is 11.4. The summed E-state index contributed by atoms with van der Waals surface area (Å²) in [5.41, 5.74) is 0.992. The first-order valence-corrected chi connectivity index (χ1v) is 5.81. The third-order valence-corrected chi connectivity index (χ3v) is 2.36. The highest BCUT2D eigenvalue weighted by Crippen LogP contribution is 2.00. The van der Waals surface area contributed by atoms with Crippen molar-refractivity contribution in [2.45, 2.75) is 13.5 Å². The van der Waals surface area contributed by atoms with Gasteiger partial charge in [-0.05, 0) is 25.1 Å². The Hall–Kier alpha value is -1.55.